The van der Waals surface area contributed by atoms with Crippen molar-refractivity contribution < 1.29 is 4.74 Å². The van der Waals surface area contributed by atoms with Crippen molar-refractivity contribution in [2.75, 3.05) is 0 Å². The van der Waals surface area contributed by atoms with Gasteiger partial charge in [0.15, 0.2) is 0 Å². The minimum atomic E-state index is 0.615. The fraction of sp³-hybridized carbons (Fsp3) is 0.667. The predicted molar refractivity (Wildman–Crippen MR) is 56.3 cm³/mol. The van der Waals surface area contributed by atoms with Crippen molar-refractivity contribution in [3.63, 3.8) is 0 Å². The van der Waals surface area contributed by atoms with E-state index >= 15 is 0 Å². The highest BCUT2D eigenvalue weighted by Gasteiger charge is 2.17. The molecule has 0 amide bonds. The number of allylic oxidation sites excluding steroid dienone is 1. The van der Waals surface area contributed by atoms with Crippen molar-refractivity contribution >= 4 is 0 Å². The van der Waals surface area contributed by atoms with Crippen LogP contribution >= 0.6 is 0 Å². The molecule has 0 unspecified atom stereocenters. The molecule has 2 heteroatoms. The summed E-state index contributed by atoms with van der Waals surface area (Å²) in [5.74, 6) is 1.69. The van der Waals surface area contributed by atoms with Gasteiger partial charge in [-0.15, -0.1) is 0 Å². The number of hydrogen-bond acceptors (Lipinski definition) is 1. The third-order valence-electron chi connectivity index (χ3n) is 3.06. The fourth-order valence-corrected chi connectivity index (χ4v) is 2.23. The summed E-state index contributed by atoms with van der Waals surface area (Å²) in [7, 11) is 0. The number of ether oxygens (including phenoxy) is 1. The maximum Gasteiger partial charge on any atom is 0.124 e. The van der Waals surface area contributed by atoms with E-state index in [1.54, 1.807) is 12.5 Å². The van der Waals surface area contributed by atoms with Gasteiger partial charge in [0.1, 0.15) is 12.0 Å². The molecule has 1 saturated carbocycles. The first-order valence-corrected chi connectivity index (χ1v) is 5.68. The van der Waals surface area contributed by atoms with Crippen LogP contribution in [-0.4, -0.2) is 0 Å². The Balaban J connectivity index is 1.90. The van der Waals surface area contributed by atoms with E-state index in [2.05, 4.69) is 5.32 Å². The van der Waals surface area contributed by atoms with Gasteiger partial charge in [-0.05, 0) is 12.8 Å². The summed E-state index contributed by atoms with van der Waals surface area (Å²) in [5.41, 5.74) is 0. The Kier molecular flexibility index (Phi) is 3.50. The summed E-state index contributed by atoms with van der Waals surface area (Å²) in [6.45, 7) is 0. The zero-order chi connectivity index (χ0) is 9.64. The first-order chi connectivity index (χ1) is 6.97. The van der Waals surface area contributed by atoms with Crippen LogP contribution in [-0.2, 0) is 4.74 Å². The highest BCUT2D eigenvalue weighted by molar-refractivity contribution is 5.04. The van der Waals surface area contributed by atoms with Gasteiger partial charge in [-0.3, -0.25) is 5.32 Å². The van der Waals surface area contributed by atoms with Crippen LogP contribution in [0, 0.1) is 5.92 Å². The molecule has 2 nitrogen and oxygen atoms in total. The van der Waals surface area contributed by atoms with Gasteiger partial charge in [-0.1, -0.05) is 32.1 Å². The van der Waals surface area contributed by atoms with Crippen LogP contribution in [0.3, 0.4) is 0 Å². The smallest absolute Gasteiger partial charge is 0.124 e. The second-order valence-corrected chi connectivity index (χ2v) is 4.13. The van der Waals surface area contributed by atoms with Gasteiger partial charge >= 0.3 is 0 Å². The molecule has 0 bridgehead atoms. The average molecular weight is 192 g/mol. The van der Waals surface area contributed by atoms with E-state index in [1.165, 1.54) is 44.9 Å². The maximum absolute atomic E-state index is 5.50. The molecule has 1 aliphatic heterocycles. The van der Waals surface area contributed by atoms with E-state index in [0.29, 0.717) is 5.92 Å². The molecule has 0 saturated heterocycles. The topological polar surface area (TPSA) is 23.3 Å². The SMILES string of the molecule is C1=COC(C2CCCCCCC2)=C[N]1. The number of nitrogens with zero attached hydrogens (tertiary/aromatic N) is 1. The Morgan fingerprint density at radius 2 is 1.79 bits per heavy atom. The van der Waals surface area contributed by atoms with Crippen molar-refractivity contribution in [3.8, 4) is 0 Å². The number of rotatable bonds is 1. The monoisotopic (exact) mass is 192 g/mol. The Hall–Kier alpha value is -0.920. The van der Waals surface area contributed by atoms with Gasteiger partial charge in [-0.2, -0.15) is 0 Å². The van der Waals surface area contributed by atoms with Crippen molar-refractivity contribution in [1.29, 1.82) is 0 Å². The molecule has 2 aliphatic rings. The predicted octanol–water partition coefficient (Wildman–Crippen LogP) is 3.29. The summed E-state index contributed by atoms with van der Waals surface area (Å²) in [6.07, 6.45) is 14.7. The molecule has 14 heavy (non-hydrogen) atoms. The van der Waals surface area contributed by atoms with Gasteiger partial charge in [0.2, 0.25) is 0 Å². The molecule has 1 heterocycles. The molecule has 0 atom stereocenters. The van der Waals surface area contributed by atoms with E-state index in [0.717, 1.165) is 5.76 Å². The number of hydrogen-bond donors (Lipinski definition) is 0. The fourth-order valence-electron chi connectivity index (χ4n) is 2.23. The van der Waals surface area contributed by atoms with Crippen LogP contribution < -0.4 is 5.32 Å². The van der Waals surface area contributed by atoms with Gasteiger partial charge in [0, 0.05) is 5.92 Å². The lowest BCUT2D eigenvalue weighted by Gasteiger charge is -2.22. The Bertz CT molecular complexity index is 224. The van der Waals surface area contributed by atoms with Crippen molar-refractivity contribution in [2.45, 2.75) is 44.9 Å². The lowest BCUT2D eigenvalue weighted by Crippen LogP contribution is -2.11. The van der Waals surface area contributed by atoms with Crippen molar-refractivity contribution in [2.24, 2.45) is 5.92 Å². The van der Waals surface area contributed by atoms with E-state index < -0.39 is 0 Å². The zero-order valence-corrected chi connectivity index (χ0v) is 8.61. The standard InChI is InChI=1S/C12H18NO/c1-2-4-6-11(7-5-3-1)12-10-13-8-9-14-12/h8-11H,1-7H2. The lowest BCUT2D eigenvalue weighted by molar-refractivity contribution is 0.249. The van der Waals surface area contributed by atoms with E-state index in [4.69, 9.17) is 4.74 Å². The second kappa shape index (κ2) is 5.08. The molecular weight excluding hydrogens is 174 g/mol. The maximum atomic E-state index is 5.50. The third kappa shape index (κ3) is 2.53. The van der Waals surface area contributed by atoms with Crippen molar-refractivity contribution in [1.82, 2.24) is 5.32 Å². The molecule has 0 N–H and O–H groups in total. The molecule has 1 aliphatic carbocycles. The first kappa shape index (κ1) is 9.63. The zero-order valence-electron chi connectivity index (χ0n) is 8.61. The van der Waals surface area contributed by atoms with Gasteiger partial charge in [-0.25, -0.2) is 0 Å². The molecular formula is C12H18NO. The molecule has 0 aromatic heterocycles. The molecule has 0 aromatic carbocycles. The molecule has 1 fully saturated rings. The normalized spacial score (nSPS) is 24.1. The van der Waals surface area contributed by atoms with Gasteiger partial charge in [0.25, 0.3) is 0 Å². The van der Waals surface area contributed by atoms with Gasteiger partial charge in [0.05, 0.1) is 12.4 Å². The summed E-state index contributed by atoms with van der Waals surface area (Å²) >= 11 is 0. The van der Waals surface area contributed by atoms with Crippen LogP contribution in [0.1, 0.15) is 44.9 Å². The van der Waals surface area contributed by atoms with E-state index in [1.807, 2.05) is 6.20 Å². The molecule has 1 radical (unpaired) electrons. The lowest BCUT2D eigenvalue weighted by atomic mass is 9.90. The third-order valence-corrected chi connectivity index (χ3v) is 3.06. The minimum absolute atomic E-state index is 0.615. The first-order valence-electron chi connectivity index (χ1n) is 5.68. The van der Waals surface area contributed by atoms with E-state index in [9.17, 15) is 0 Å². The summed E-state index contributed by atoms with van der Waals surface area (Å²) in [5, 5.41) is 4.12. The quantitative estimate of drug-likeness (QED) is 0.625. The minimum Gasteiger partial charge on any atom is -0.466 e. The summed E-state index contributed by atoms with van der Waals surface area (Å²) in [6, 6.07) is 0. The largest absolute Gasteiger partial charge is 0.466 e. The highest BCUT2D eigenvalue weighted by Crippen LogP contribution is 2.29. The highest BCUT2D eigenvalue weighted by atomic mass is 16.5. The van der Waals surface area contributed by atoms with E-state index in [-0.39, 0.29) is 0 Å². The summed E-state index contributed by atoms with van der Waals surface area (Å²) < 4.78 is 5.50. The Labute approximate surface area is 86.0 Å². The van der Waals surface area contributed by atoms with Crippen LogP contribution in [0.2, 0.25) is 0 Å². The molecule has 2 rings (SSSR count). The average Bonchev–Trinajstić information content (AvgIpc) is 2.18. The Morgan fingerprint density at radius 3 is 2.43 bits per heavy atom. The van der Waals surface area contributed by atoms with Crippen LogP contribution in [0.4, 0.5) is 0 Å². The van der Waals surface area contributed by atoms with Crippen LogP contribution in [0.5, 0.6) is 0 Å². The molecule has 0 aromatic rings. The van der Waals surface area contributed by atoms with Crippen LogP contribution in [0.15, 0.2) is 24.4 Å². The summed E-state index contributed by atoms with van der Waals surface area (Å²) in [4.78, 5) is 0. The second-order valence-electron chi connectivity index (χ2n) is 4.13. The molecule has 0 spiro atoms. The van der Waals surface area contributed by atoms with Crippen LogP contribution in [0.25, 0.3) is 0 Å². The Morgan fingerprint density at radius 1 is 1.07 bits per heavy atom. The molecule has 77 valence electrons. The van der Waals surface area contributed by atoms with Gasteiger partial charge < -0.3 is 4.74 Å². The van der Waals surface area contributed by atoms with Crippen molar-refractivity contribution in [3.05, 3.63) is 24.4 Å².